The molecule has 1 aromatic heterocycles. The van der Waals surface area contributed by atoms with E-state index in [9.17, 15) is 0 Å². The van der Waals surface area contributed by atoms with E-state index in [1.165, 1.54) is 55.3 Å². The van der Waals surface area contributed by atoms with Crippen LogP contribution in [0, 0.1) is 0 Å². The van der Waals surface area contributed by atoms with E-state index >= 15 is 0 Å². The van der Waals surface area contributed by atoms with Crippen LogP contribution < -0.4 is 5.32 Å². The molecule has 2 N–H and O–H groups in total. The second-order valence-corrected chi connectivity index (χ2v) is 10.7. The van der Waals surface area contributed by atoms with Gasteiger partial charge in [0.05, 0.1) is 6.04 Å². The van der Waals surface area contributed by atoms with Crippen LogP contribution in [-0.4, -0.2) is 11.0 Å². The Labute approximate surface area is 189 Å². The Morgan fingerprint density at radius 2 is 1.44 bits per heavy atom. The zero-order chi connectivity index (χ0) is 21.8. The zero-order valence-electron chi connectivity index (χ0n) is 19.1. The van der Waals surface area contributed by atoms with Gasteiger partial charge in [0, 0.05) is 44.2 Å². The molecule has 1 aliphatic heterocycles. The fourth-order valence-corrected chi connectivity index (χ4v) is 6.87. The number of hydrogen-bond acceptors (Lipinski definition) is 1. The molecule has 0 fully saturated rings. The molecule has 2 nitrogen and oxygen atoms in total. The number of para-hydroxylation sites is 1. The highest BCUT2D eigenvalue weighted by Crippen LogP contribution is 2.57. The average molecular weight is 417 g/mol. The summed E-state index contributed by atoms with van der Waals surface area (Å²) >= 11 is 0. The summed E-state index contributed by atoms with van der Waals surface area (Å²) in [6, 6.07) is 18.5. The quantitative estimate of drug-likeness (QED) is 0.309. The van der Waals surface area contributed by atoms with Gasteiger partial charge in [-0.2, -0.15) is 0 Å². The minimum Gasteiger partial charge on any atom is -0.378 e. The zero-order valence-corrected chi connectivity index (χ0v) is 19.1. The summed E-state index contributed by atoms with van der Waals surface area (Å²) < 4.78 is 0. The number of nitrogens with one attached hydrogen (secondary N) is 2. The van der Waals surface area contributed by atoms with Crippen LogP contribution in [0.3, 0.4) is 0 Å². The number of allylic oxidation sites excluding steroid dienone is 2. The number of H-pyrrole nitrogens is 1. The van der Waals surface area contributed by atoms with Gasteiger partial charge in [0.25, 0.3) is 0 Å². The molecule has 0 radical (unpaired) electrons. The third-order valence-corrected chi connectivity index (χ3v) is 8.30. The van der Waals surface area contributed by atoms with Crippen molar-refractivity contribution in [1.29, 1.82) is 0 Å². The highest BCUT2D eigenvalue weighted by atomic mass is 15.0. The summed E-state index contributed by atoms with van der Waals surface area (Å²) in [6.07, 6.45) is 9.07. The van der Waals surface area contributed by atoms with Gasteiger partial charge in [-0.1, -0.05) is 82.3 Å². The first-order valence-electron chi connectivity index (χ1n) is 11.7. The Morgan fingerprint density at radius 3 is 2.31 bits per heavy atom. The summed E-state index contributed by atoms with van der Waals surface area (Å²) in [6.45, 7) is 9.70. The van der Waals surface area contributed by atoms with Crippen LogP contribution in [0.4, 0.5) is 5.69 Å². The number of benzene rings is 3. The van der Waals surface area contributed by atoms with Gasteiger partial charge >= 0.3 is 0 Å². The first-order valence-corrected chi connectivity index (χ1v) is 11.7. The van der Waals surface area contributed by atoms with E-state index in [1.807, 2.05) is 0 Å². The number of rotatable bonds is 0. The molecule has 7 rings (SSSR count). The standard InChI is InChI=1S/C30H28N2/c1-29(2)19-13-15-24-26(18-10-6-8-12-22(18)32-24)28(19)30(3,4)20-14-16-23-25(27(20)29)17-9-5-7-11-21(17)31-23/h5-17,21,31-32H,1-4H3. The van der Waals surface area contributed by atoms with Crippen LogP contribution in [0.25, 0.3) is 21.8 Å². The van der Waals surface area contributed by atoms with Crippen molar-refractivity contribution in [3.63, 3.8) is 0 Å². The van der Waals surface area contributed by atoms with Gasteiger partial charge in [-0.05, 0) is 46.0 Å². The molecular weight excluding hydrogens is 388 g/mol. The number of anilines is 1. The van der Waals surface area contributed by atoms with Crippen molar-refractivity contribution >= 4 is 27.5 Å². The predicted molar refractivity (Wildman–Crippen MR) is 135 cm³/mol. The fraction of sp³-hybridized carbons (Fsp3) is 0.267. The van der Waals surface area contributed by atoms with E-state index in [2.05, 4.69) is 111 Å². The lowest BCUT2D eigenvalue weighted by atomic mass is 9.57. The van der Waals surface area contributed by atoms with Crippen LogP contribution in [0.1, 0.15) is 61.4 Å². The smallest absolute Gasteiger partial charge is 0.0551 e. The van der Waals surface area contributed by atoms with Crippen LogP contribution >= 0.6 is 0 Å². The molecular formula is C30H28N2. The molecule has 2 atom stereocenters. The Balaban J connectivity index is 1.60. The molecule has 158 valence electrons. The van der Waals surface area contributed by atoms with E-state index in [4.69, 9.17) is 0 Å². The fourth-order valence-electron chi connectivity index (χ4n) is 6.87. The van der Waals surface area contributed by atoms with Crippen molar-refractivity contribution in [3.05, 3.63) is 101 Å². The lowest BCUT2D eigenvalue weighted by Gasteiger charge is -2.45. The summed E-state index contributed by atoms with van der Waals surface area (Å²) in [5.41, 5.74) is 11.0. The van der Waals surface area contributed by atoms with E-state index in [1.54, 1.807) is 0 Å². The van der Waals surface area contributed by atoms with Crippen LogP contribution in [0.2, 0.25) is 0 Å². The number of fused-ring (bicyclic) bond motifs is 10. The largest absolute Gasteiger partial charge is 0.378 e. The van der Waals surface area contributed by atoms with Crippen molar-refractivity contribution in [2.45, 2.75) is 50.5 Å². The molecule has 32 heavy (non-hydrogen) atoms. The molecule has 2 unspecified atom stereocenters. The van der Waals surface area contributed by atoms with Gasteiger partial charge in [0.15, 0.2) is 0 Å². The molecule has 0 spiro atoms. The monoisotopic (exact) mass is 416 g/mol. The van der Waals surface area contributed by atoms with Crippen LogP contribution in [-0.2, 0) is 10.8 Å². The summed E-state index contributed by atoms with van der Waals surface area (Å²) in [5.74, 6) is 0.401. The SMILES string of the molecule is CC1(C)c2ccc3[nH]c4ccccc4c3c2C(C)(C)c2ccc3c(c21)C1C=CC=CC1N3. The first kappa shape index (κ1) is 18.3. The highest BCUT2D eigenvalue weighted by Gasteiger charge is 2.47. The maximum Gasteiger partial charge on any atom is 0.0551 e. The van der Waals surface area contributed by atoms with Crippen molar-refractivity contribution in [2.24, 2.45) is 0 Å². The number of aromatic nitrogens is 1. The molecule has 0 amide bonds. The van der Waals surface area contributed by atoms with E-state index in [-0.39, 0.29) is 10.8 Å². The van der Waals surface area contributed by atoms with Crippen molar-refractivity contribution in [2.75, 3.05) is 5.32 Å². The van der Waals surface area contributed by atoms with Gasteiger partial charge in [-0.15, -0.1) is 0 Å². The average Bonchev–Trinajstić information content (AvgIpc) is 3.35. The third kappa shape index (κ3) is 2.06. The molecule has 4 aromatic rings. The summed E-state index contributed by atoms with van der Waals surface area (Å²) in [7, 11) is 0. The van der Waals surface area contributed by atoms with Crippen LogP contribution in [0.5, 0.6) is 0 Å². The van der Waals surface area contributed by atoms with E-state index < -0.39 is 0 Å². The highest BCUT2D eigenvalue weighted by molar-refractivity contribution is 6.10. The first-order chi connectivity index (χ1) is 15.4. The molecule has 0 bridgehead atoms. The topological polar surface area (TPSA) is 27.8 Å². The molecule has 2 aliphatic carbocycles. The summed E-state index contributed by atoms with van der Waals surface area (Å²) in [4.78, 5) is 3.67. The van der Waals surface area contributed by atoms with Gasteiger partial charge in [-0.3, -0.25) is 0 Å². The Bertz CT molecular complexity index is 1510. The van der Waals surface area contributed by atoms with Crippen molar-refractivity contribution in [1.82, 2.24) is 4.98 Å². The molecule has 3 aliphatic rings. The van der Waals surface area contributed by atoms with Gasteiger partial charge in [-0.25, -0.2) is 0 Å². The minimum absolute atomic E-state index is 0.0797. The van der Waals surface area contributed by atoms with Crippen LogP contribution in [0.15, 0.2) is 72.8 Å². The maximum absolute atomic E-state index is 3.78. The third-order valence-electron chi connectivity index (χ3n) is 8.30. The second-order valence-electron chi connectivity index (χ2n) is 10.7. The minimum atomic E-state index is -0.0913. The molecule has 0 saturated heterocycles. The Morgan fingerprint density at radius 1 is 0.719 bits per heavy atom. The summed E-state index contributed by atoms with van der Waals surface area (Å²) in [5, 5.41) is 6.50. The molecule has 2 heterocycles. The predicted octanol–water partition coefficient (Wildman–Crippen LogP) is 7.29. The van der Waals surface area contributed by atoms with Gasteiger partial charge in [0.2, 0.25) is 0 Å². The lowest BCUT2D eigenvalue weighted by Crippen LogP contribution is -2.38. The number of aromatic amines is 1. The van der Waals surface area contributed by atoms with Gasteiger partial charge < -0.3 is 10.3 Å². The van der Waals surface area contributed by atoms with Crippen molar-refractivity contribution < 1.29 is 0 Å². The Kier molecular flexibility index (Phi) is 3.29. The molecule has 0 saturated carbocycles. The lowest BCUT2D eigenvalue weighted by molar-refractivity contribution is 0.519. The van der Waals surface area contributed by atoms with E-state index in [0.717, 1.165) is 0 Å². The molecule has 2 heteroatoms. The second kappa shape index (κ2) is 5.75. The van der Waals surface area contributed by atoms with E-state index in [0.29, 0.717) is 12.0 Å². The maximum atomic E-state index is 3.78. The normalized spacial score (nSPS) is 23.5. The van der Waals surface area contributed by atoms with Gasteiger partial charge in [0.1, 0.15) is 0 Å². The molecule has 3 aromatic carbocycles. The Hall–Kier alpha value is -3.26. The number of hydrogen-bond donors (Lipinski definition) is 2. The van der Waals surface area contributed by atoms with Crippen molar-refractivity contribution in [3.8, 4) is 0 Å².